The van der Waals surface area contributed by atoms with Gasteiger partial charge in [-0.25, -0.2) is 5.10 Å². The molecule has 3 aromatic rings. The van der Waals surface area contributed by atoms with Crippen molar-refractivity contribution in [3.05, 3.63) is 35.0 Å². The second-order valence-electron chi connectivity index (χ2n) is 5.09. The average Bonchev–Trinajstić information content (AvgIpc) is 3.21. The van der Waals surface area contributed by atoms with E-state index in [0.717, 1.165) is 11.4 Å². The number of nitrogens with one attached hydrogen (secondary N) is 3. The standard InChI is InChI=1S/C13H17BN6O3/c1-7-12(8(2)17-16-7)22-14(21-11-5-6-15-20-11)23-13-9(3)18-19-10(13)4/h5-6H,1-4H3,(H,15,20)(H,16,17)(H,18,19). The minimum atomic E-state index is -1.03. The summed E-state index contributed by atoms with van der Waals surface area (Å²) in [5.74, 6) is 1.58. The van der Waals surface area contributed by atoms with Crippen LogP contribution in [-0.2, 0) is 0 Å². The Labute approximate surface area is 132 Å². The van der Waals surface area contributed by atoms with Crippen molar-refractivity contribution in [2.75, 3.05) is 0 Å². The molecular weight excluding hydrogens is 299 g/mol. The number of aryl methyl sites for hydroxylation is 4. The number of aromatic nitrogens is 6. The highest BCUT2D eigenvalue weighted by Crippen LogP contribution is 2.24. The molecule has 0 saturated carbocycles. The fourth-order valence-corrected chi connectivity index (χ4v) is 2.11. The largest absolute Gasteiger partial charge is 0.865 e. The van der Waals surface area contributed by atoms with Gasteiger partial charge in [0.2, 0.25) is 0 Å². The van der Waals surface area contributed by atoms with Crippen molar-refractivity contribution in [1.29, 1.82) is 0 Å². The second kappa shape index (κ2) is 6.07. The van der Waals surface area contributed by atoms with E-state index in [-0.39, 0.29) is 0 Å². The Balaban J connectivity index is 1.84. The number of rotatable bonds is 6. The molecule has 10 heteroatoms. The number of hydrogen-bond acceptors (Lipinski definition) is 6. The van der Waals surface area contributed by atoms with E-state index in [1.165, 1.54) is 0 Å². The third-order valence-corrected chi connectivity index (χ3v) is 3.25. The van der Waals surface area contributed by atoms with Crippen LogP contribution in [0.2, 0.25) is 0 Å². The van der Waals surface area contributed by atoms with Gasteiger partial charge >= 0.3 is 7.32 Å². The summed E-state index contributed by atoms with van der Waals surface area (Å²) in [6.45, 7) is 7.38. The normalized spacial score (nSPS) is 10.6. The maximum atomic E-state index is 5.85. The van der Waals surface area contributed by atoms with E-state index in [2.05, 4.69) is 30.6 Å². The summed E-state index contributed by atoms with van der Waals surface area (Å²) in [5.41, 5.74) is 2.99. The summed E-state index contributed by atoms with van der Waals surface area (Å²) < 4.78 is 17.4. The summed E-state index contributed by atoms with van der Waals surface area (Å²) in [5, 5.41) is 20.5. The first-order valence-corrected chi connectivity index (χ1v) is 7.07. The van der Waals surface area contributed by atoms with E-state index in [9.17, 15) is 0 Å². The molecule has 0 aliphatic heterocycles. The molecule has 3 aromatic heterocycles. The van der Waals surface area contributed by atoms with Gasteiger partial charge in [0, 0.05) is 6.07 Å². The van der Waals surface area contributed by atoms with Gasteiger partial charge in [0.25, 0.3) is 0 Å². The summed E-state index contributed by atoms with van der Waals surface area (Å²) >= 11 is 0. The molecule has 0 saturated heterocycles. The van der Waals surface area contributed by atoms with E-state index in [0.29, 0.717) is 28.8 Å². The summed E-state index contributed by atoms with van der Waals surface area (Å²) in [7, 11) is -1.03. The Morgan fingerprint density at radius 1 is 0.826 bits per heavy atom. The molecular formula is C13H17BN6O3. The maximum absolute atomic E-state index is 5.85. The highest BCUT2D eigenvalue weighted by Gasteiger charge is 2.34. The van der Waals surface area contributed by atoms with Crippen LogP contribution in [-0.4, -0.2) is 37.9 Å². The van der Waals surface area contributed by atoms with E-state index in [1.54, 1.807) is 12.3 Å². The number of hydrogen-bond donors (Lipinski definition) is 3. The van der Waals surface area contributed by atoms with Crippen molar-refractivity contribution in [1.82, 2.24) is 30.6 Å². The molecule has 0 amide bonds. The van der Waals surface area contributed by atoms with Crippen LogP contribution >= 0.6 is 0 Å². The zero-order valence-corrected chi connectivity index (χ0v) is 13.3. The molecule has 9 nitrogen and oxygen atoms in total. The van der Waals surface area contributed by atoms with Gasteiger partial charge in [0.05, 0.1) is 29.0 Å². The number of nitrogens with zero attached hydrogens (tertiary/aromatic N) is 3. The van der Waals surface area contributed by atoms with Crippen LogP contribution in [0.3, 0.4) is 0 Å². The number of aromatic amines is 3. The fourth-order valence-electron chi connectivity index (χ4n) is 2.11. The molecule has 0 atom stereocenters. The van der Waals surface area contributed by atoms with Gasteiger partial charge in [-0.1, -0.05) is 0 Å². The number of H-pyrrole nitrogens is 3. The highest BCUT2D eigenvalue weighted by atomic mass is 16.7. The summed E-state index contributed by atoms with van der Waals surface area (Å²) in [6, 6.07) is 1.67. The van der Waals surface area contributed by atoms with Gasteiger partial charge in [0.1, 0.15) is 11.5 Å². The Morgan fingerprint density at radius 3 is 1.78 bits per heavy atom. The molecule has 0 bridgehead atoms. The first-order valence-electron chi connectivity index (χ1n) is 7.07. The van der Waals surface area contributed by atoms with Gasteiger partial charge in [-0.15, -0.1) is 0 Å². The molecule has 0 spiro atoms. The molecule has 0 unspecified atom stereocenters. The minimum Gasteiger partial charge on any atom is -0.486 e. The van der Waals surface area contributed by atoms with Crippen molar-refractivity contribution < 1.29 is 14.0 Å². The molecule has 23 heavy (non-hydrogen) atoms. The van der Waals surface area contributed by atoms with Gasteiger partial charge in [-0.2, -0.15) is 15.3 Å². The Kier molecular flexibility index (Phi) is 3.96. The lowest BCUT2D eigenvalue weighted by Gasteiger charge is -2.15. The molecule has 3 rings (SSSR count). The van der Waals surface area contributed by atoms with Crippen molar-refractivity contribution in [3.63, 3.8) is 0 Å². The van der Waals surface area contributed by atoms with Crippen LogP contribution in [0.25, 0.3) is 0 Å². The van der Waals surface area contributed by atoms with Gasteiger partial charge in [-0.3, -0.25) is 10.2 Å². The lowest BCUT2D eigenvalue weighted by Crippen LogP contribution is -2.37. The SMILES string of the molecule is Cc1n[nH]c(C)c1OB(Oc1ccn[nH]1)Oc1c(C)n[nH]c1C. The summed E-state index contributed by atoms with van der Waals surface area (Å²) in [4.78, 5) is 0. The van der Waals surface area contributed by atoms with Crippen molar-refractivity contribution in [3.8, 4) is 17.4 Å². The fraction of sp³-hybridized carbons (Fsp3) is 0.308. The van der Waals surface area contributed by atoms with E-state index >= 15 is 0 Å². The van der Waals surface area contributed by atoms with Crippen molar-refractivity contribution in [2.45, 2.75) is 27.7 Å². The van der Waals surface area contributed by atoms with Gasteiger partial charge in [-0.05, 0) is 27.7 Å². The first-order chi connectivity index (χ1) is 11.0. The predicted molar refractivity (Wildman–Crippen MR) is 82.3 cm³/mol. The zero-order valence-electron chi connectivity index (χ0n) is 13.3. The van der Waals surface area contributed by atoms with Crippen LogP contribution in [0.1, 0.15) is 22.8 Å². The molecule has 0 fully saturated rings. The predicted octanol–water partition coefficient (Wildman–Crippen LogP) is 1.61. The smallest absolute Gasteiger partial charge is 0.486 e. The average molecular weight is 316 g/mol. The Bertz CT molecular complexity index is 695. The zero-order chi connectivity index (χ0) is 16.4. The Morgan fingerprint density at radius 2 is 1.39 bits per heavy atom. The van der Waals surface area contributed by atoms with Crippen molar-refractivity contribution in [2.24, 2.45) is 0 Å². The van der Waals surface area contributed by atoms with Crippen LogP contribution in [0.4, 0.5) is 0 Å². The summed E-state index contributed by atoms with van der Waals surface area (Å²) in [6.07, 6.45) is 1.58. The van der Waals surface area contributed by atoms with Crippen LogP contribution in [0.15, 0.2) is 12.3 Å². The molecule has 3 heterocycles. The van der Waals surface area contributed by atoms with Crippen LogP contribution < -0.4 is 14.0 Å². The van der Waals surface area contributed by atoms with E-state index < -0.39 is 7.32 Å². The van der Waals surface area contributed by atoms with Crippen LogP contribution in [0.5, 0.6) is 17.4 Å². The minimum absolute atomic E-state index is 0.424. The van der Waals surface area contributed by atoms with Gasteiger partial charge in [0.15, 0.2) is 5.88 Å². The van der Waals surface area contributed by atoms with E-state index in [1.807, 2.05) is 27.7 Å². The van der Waals surface area contributed by atoms with Crippen LogP contribution in [0, 0.1) is 27.7 Å². The third kappa shape index (κ3) is 3.15. The Hall–Kier alpha value is -2.91. The van der Waals surface area contributed by atoms with E-state index in [4.69, 9.17) is 14.0 Å². The molecule has 3 N–H and O–H groups in total. The molecule has 0 radical (unpaired) electrons. The monoisotopic (exact) mass is 316 g/mol. The van der Waals surface area contributed by atoms with Crippen molar-refractivity contribution >= 4 is 7.32 Å². The van der Waals surface area contributed by atoms with Gasteiger partial charge < -0.3 is 14.0 Å². The maximum Gasteiger partial charge on any atom is 0.865 e. The quantitative estimate of drug-likeness (QED) is 0.595. The molecule has 0 aliphatic rings. The lowest BCUT2D eigenvalue weighted by molar-refractivity contribution is 0.298. The molecule has 0 aliphatic carbocycles. The first kappa shape index (κ1) is 15.0. The third-order valence-electron chi connectivity index (χ3n) is 3.25. The molecule has 0 aromatic carbocycles. The topological polar surface area (TPSA) is 114 Å². The second-order valence-corrected chi connectivity index (χ2v) is 5.09. The lowest BCUT2D eigenvalue weighted by atomic mass is 10.2. The molecule has 120 valence electrons. The highest BCUT2D eigenvalue weighted by molar-refractivity contribution is 6.39.